The van der Waals surface area contributed by atoms with Crippen LogP contribution >= 0.6 is 15.9 Å². The lowest BCUT2D eigenvalue weighted by Crippen LogP contribution is -2.26. The molecule has 0 aliphatic rings. The average molecular weight is 196 g/mol. The number of hydrogen-bond acceptors (Lipinski definition) is 2. The zero-order valence-electron chi connectivity index (χ0n) is 5.06. The summed E-state index contributed by atoms with van der Waals surface area (Å²) in [7, 11) is 0. The average Bonchev–Trinajstić information content (AvgIpc) is 1.85. The molecule has 0 saturated heterocycles. The highest BCUT2D eigenvalue weighted by atomic mass is 79.9. The van der Waals surface area contributed by atoms with Crippen molar-refractivity contribution < 1.29 is 9.90 Å². The molecule has 0 heterocycles. The van der Waals surface area contributed by atoms with Crippen LogP contribution < -0.4 is 5.32 Å². The smallest absolute Gasteiger partial charge is 0.220 e. The van der Waals surface area contributed by atoms with Crippen LogP contribution in [0.4, 0.5) is 0 Å². The van der Waals surface area contributed by atoms with E-state index in [0.717, 1.165) is 0 Å². The van der Waals surface area contributed by atoms with Gasteiger partial charge in [-0.3, -0.25) is 4.79 Å². The fourth-order valence-corrected chi connectivity index (χ4v) is 0.730. The third-order valence-electron chi connectivity index (χ3n) is 0.756. The quantitative estimate of drug-likeness (QED) is 0.616. The molecular weight excluding hydrogens is 186 g/mol. The van der Waals surface area contributed by atoms with Gasteiger partial charge in [0.15, 0.2) is 0 Å². The second kappa shape index (κ2) is 6.04. The van der Waals surface area contributed by atoms with E-state index in [2.05, 4.69) is 21.2 Å². The topological polar surface area (TPSA) is 49.3 Å². The number of amides is 1. The molecule has 54 valence electrons. The van der Waals surface area contributed by atoms with Crippen molar-refractivity contribution in [2.45, 2.75) is 6.42 Å². The molecule has 0 fully saturated rings. The van der Waals surface area contributed by atoms with E-state index in [4.69, 9.17) is 5.11 Å². The van der Waals surface area contributed by atoms with Gasteiger partial charge in [-0.2, -0.15) is 0 Å². The Bertz CT molecular complexity index is 87.0. The Morgan fingerprint density at radius 2 is 2.33 bits per heavy atom. The summed E-state index contributed by atoms with van der Waals surface area (Å²) in [6.45, 7) is 0.361. The number of aliphatic hydroxyl groups excluding tert-OH is 1. The van der Waals surface area contributed by atoms with E-state index >= 15 is 0 Å². The second-order valence-electron chi connectivity index (χ2n) is 1.51. The molecule has 0 radical (unpaired) electrons. The van der Waals surface area contributed by atoms with Crippen LogP contribution in [0.15, 0.2) is 0 Å². The van der Waals surface area contributed by atoms with Crippen LogP contribution in [-0.2, 0) is 4.79 Å². The minimum Gasteiger partial charge on any atom is -0.395 e. The van der Waals surface area contributed by atoms with Crippen molar-refractivity contribution in [3.8, 4) is 0 Å². The molecule has 4 heteroatoms. The van der Waals surface area contributed by atoms with Gasteiger partial charge >= 0.3 is 0 Å². The molecule has 0 saturated carbocycles. The maximum atomic E-state index is 10.5. The minimum atomic E-state index is -0.0269. The van der Waals surface area contributed by atoms with Crippen LogP contribution in [0.3, 0.4) is 0 Å². The third-order valence-corrected chi connectivity index (χ3v) is 1.15. The maximum absolute atomic E-state index is 10.5. The number of alkyl halides is 1. The standard InChI is InChI=1S/C5H10BrNO2/c6-2-1-5(9)7-3-4-8/h8H,1-4H2,(H,7,9). The number of rotatable bonds is 4. The first-order valence-corrected chi connectivity index (χ1v) is 3.87. The number of halogens is 1. The molecule has 0 rings (SSSR count). The minimum absolute atomic E-state index is 0.00796. The predicted molar refractivity (Wildman–Crippen MR) is 38.5 cm³/mol. The Morgan fingerprint density at radius 3 is 2.78 bits per heavy atom. The lowest BCUT2D eigenvalue weighted by atomic mass is 10.4. The largest absolute Gasteiger partial charge is 0.395 e. The first-order valence-electron chi connectivity index (χ1n) is 2.74. The zero-order chi connectivity index (χ0) is 7.11. The Labute approximate surface area is 62.6 Å². The van der Waals surface area contributed by atoms with E-state index in [1.54, 1.807) is 0 Å². The molecule has 0 aromatic rings. The van der Waals surface area contributed by atoms with Crippen LogP contribution in [0.2, 0.25) is 0 Å². The first-order chi connectivity index (χ1) is 4.31. The van der Waals surface area contributed by atoms with Gasteiger partial charge in [0.1, 0.15) is 0 Å². The van der Waals surface area contributed by atoms with Crippen molar-refractivity contribution in [2.24, 2.45) is 0 Å². The molecule has 0 atom stereocenters. The molecule has 0 spiro atoms. The highest BCUT2D eigenvalue weighted by Gasteiger charge is 1.95. The summed E-state index contributed by atoms with van der Waals surface area (Å²) in [4.78, 5) is 10.5. The summed E-state index contributed by atoms with van der Waals surface area (Å²) in [6.07, 6.45) is 0.472. The zero-order valence-corrected chi connectivity index (χ0v) is 6.65. The van der Waals surface area contributed by atoms with Gasteiger partial charge in [0, 0.05) is 18.3 Å². The fourth-order valence-electron chi connectivity index (χ4n) is 0.370. The second-order valence-corrected chi connectivity index (χ2v) is 2.31. The highest BCUT2D eigenvalue weighted by molar-refractivity contribution is 9.09. The van der Waals surface area contributed by atoms with E-state index in [9.17, 15) is 4.79 Å². The van der Waals surface area contributed by atoms with E-state index in [1.165, 1.54) is 0 Å². The van der Waals surface area contributed by atoms with E-state index in [0.29, 0.717) is 18.3 Å². The van der Waals surface area contributed by atoms with Gasteiger partial charge < -0.3 is 10.4 Å². The summed E-state index contributed by atoms with van der Waals surface area (Å²) in [5.41, 5.74) is 0. The Balaban J connectivity index is 3.06. The van der Waals surface area contributed by atoms with Crippen LogP contribution in [0.1, 0.15) is 6.42 Å². The van der Waals surface area contributed by atoms with Crippen molar-refractivity contribution in [2.75, 3.05) is 18.5 Å². The predicted octanol–water partition coefficient (Wildman–Crippen LogP) is -0.120. The van der Waals surface area contributed by atoms with Gasteiger partial charge in [-0.1, -0.05) is 15.9 Å². The summed E-state index contributed by atoms with van der Waals surface area (Å²) < 4.78 is 0. The van der Waals surface area contributed by atoms with Crippen molar-refractivity contribution in [3.63, 3.8) is 0 Å². The molecule has 3 nitrogen and oxygen atoms in total. The summed E-state index contributed by atoms with van der Waals surface area (Å²) in [6, 6.07) is 0. The number of aliphatic hydroxyl groups is 1. The van der Waals surface area contributed by atoms with Gasteiger partial charge in [0.05, 0.1) is 6.61 Å². The molecule has 1 amide bonds. The summed E-state index contributed by atoms with van der Waals surface area (Å²) >= 11 is 3.12. The van der Waals surface area contributed by atoms with E-state index in [1.807, 2.05) is 0 Å². The molecule has 9 heavy (non-hydrogen) atoms. The maximum Gasteiger partial charge on any atom is 0.220 e. The SMILES string of the molecule is O=C(CCBr)NCCO. The summed E-state index contributed by atoms with van der Waals surface area (Å²) in [5.74, 6) is -0.0269. The monoisotopic (exact) mass is 195 g/mol. The molecular formula is C5H10BrNO2. The highest BCUT2D eigenvalue weighted by Crippen LogP contribution is 1.85. The van der Waals surface area contributed by atoms with Crippen molar-refractivity contribution in [1.82, 2.24) is 5.32 Å². The van der Waals surface area contributed by atoms with Crippen molar-refractivity contribution >= 4 is 21.8 Å². The van der Waals surface area contributed by atoms with Crippen molar-refractivity contribution in [1.29, 1.82) is 0 Å². The Kier molecular flexibility index (Phi) is 5.98. The van der Waals surface area contributed by atoms with Crippen LogP contribution in [0.25, 0.3) is 0 Å². The fraction of sp³-hybridized carbons (Fsp3) is 0.800. The third kappa shape index (κ3) is 5.79. The van der Waals surface area contributed by atoms with E-state index in [-0.39, 0.29) is 12.5 Å². The van der Waals surface area contributed by atoms with Crippen LogP contribution in [-0.4, -0.2) is 29.5 Å². The summed E-state index contributed by atoms with van der Waals surface area (Å²) in [5, 5.41) is 11.4. The molecule has 0 aliphatic heterocycles. The number of carbonyl (C=O) groups excluding carboxylic acids is 1. The molecule has 0 unspecified atom stereocenters. The first kappa shape index (κ1) is 8.91. The van der Waals surface area contributed by atoms with Gasteiger partial charge in [0.2, 0.25) is 5.91 Å². The van der Waals surface area contributed by atoms with Gasteiger partial charge in [-0.15, -0.1) is 0 Å². The molecule has 0 aromatic heterocycles. The molecule has 0 bridgehead atoms. The number of nitrogens with one attached hydrogen (secondary N) is 1. The number of hydrogen-bond donors (Lipinski definition) is 2. The molecule has 2 N–H and O–H groups in total. The lowest BCUT2D eigenvalue weighted by Gasteiger charge is -1.98. The van der Waals surface area contributed by atoms with Crippen LogP contribution in [0.5, 0.6) is 0 Å². The van der Waals surface area contributed by atoms with Gasteiger partial charge in [-0.05, 0) is 0 Å². The Morgan fingerprint density at radius 1 is 1.67 bits per heavy atom. The van der Waals surface area contributed by atoms with Crippen LogP contribution in [0, 0.1) is 0 Å². The van der Waals surface area contributed by atoms with E-state index < -0.39 is 0 Å². The van der Waals surface area contributed by atoms with Crippen molar-refractivity contribution in [3.05, 3.63) is 0 Å². The number of carbonyl (C=O) groups is 1. The van der Waals surface area contributed by atoms with Gasteiger partial charge in [0.25, 0.3) is 0 Å². The molecule has 0 aromatic carbocycles. The normalized spacial score (nSPS) is 9.11. The van der Waals surface area contributed by atoms with Gasteiger partial charge in [-0.25, -0.2) is 0 Å². The Hall–Kier alpha value is -0.0900. The molecule has 0 aliphatic carbocycles. The lowest BCUT2D eigenvalue weighted by molar-refractivity contribution is -0.120.